The Bertz CT molecular complexity index is 1210. The third-order valence-corrected chi connectivity index (χ3v) is 5.69. The highest BCUT2D eigenvalue weighted by Crippen LogP contribution is 2.22. The first-order valence-corrected chi connectivity index (χ1v) is 11.1. The molecule has 0 bridgehead atoms. The summed E-state index contributed by atoms with van der Waals surface area (Å²) >= 11 is 6.17. The van der Waals surface area contributed by atoms with E-state index in [0.717, 1.165) is 33.0 Å². The number of nitrogens with zero attached hydrogens (tertiary/aromatic N) is 1. The van der Waals surface area contributed by atoms with E-state index in [4.69, 9.17) is 16.3 Å². The number of sulfonamides is 1. The predicted octanol–water partition coefficient (Wildman–Crippen LogP) is 4.14. The molecule has 2 aromatic carbocycles. The summed E-state index contributed by atoms with van der Waals surface area (Å²) < 4.78 is 31.4. The van der Waals surface area contributed by atoms with Crippen molar-refractivity contribution in [2.75, 3.05) is 6.54 Å². The average molecular weight is 445 g/mol. The second-order valence-electron chi connectivity index (χ2n) is 6.87. The van der Waals surface area contributed by atoms with Crippen molar-refractivity contribution in [2.45, 2.75) is 20.5 Å². The van der Waals surface area contributed by atoms with Crippen LogP contribution >= 0.6 is 11.6 Å². The number of halogens is 1. The van der Waals surface area contributed by atoms with E-state index in [1.54, 1.807) is 18.2 Å². The average Bonchev–Trinajstić information content (AvgIpc) is 2.70. The smallest absolute Gasteiger partial charge is 0.321 e. The van der Waals surface area contributed by atoms with Crippen LogP contribution in [0.1, 0.15) is 22.3 Å². The third kappa shape index (κ3) is 6.13. The second-order valence-corrected chi connectivity index (χ2v) is 8.88. The molecule has 0 aliphatic heterocycles. The zero-order valence-electron chi connectivity index (χ0n) is 16.6. The molecule has 3 aromatic rings. The SMILES string of the molecule is Cc1ccc(/C=C/S(=O)(=O)NCC(=O)OCc2cc3ccc(C)cc3nc2Cl)cc1. The molecule has 0 radical (unpaired) electrons. The Balaban J connectivity index is 1.55. The largest absolute Gasteiger partial charge is 0.460 e. The quantitative estimate of drug-likeness (QED) is 0.437. The molecule has 156 valence electrons. The van der Waals surface area contributed by atoms with Crippen molar-refractivity contribution < 1.29 is 17.9 Å². The first kappa shape index (κ1) is 22.0. The van der Waals surface area contributed by atoms with Crippen LogP contribution in [-0.4, -0.2) is 25.9 Å². The molecule has 0 atom stereocenters. The van der Waals surface area contributed by atoms with Gasteiger partial charge in [0.1, 0.15) is 18.3 Å². The minimum Gasteiger partial charge on any atom is -0.460 e. The van der Waals surface area contributed by atoms with Crippen molar-refractivity contribution in [3.8, 4) is 0 Å². The molecule has 0 amide bonds. The van der Waals surface area contributed by atoms with Gasteiger partial charge < -0.3 is 4.74 Å². The molecule has 0 aliphatic rings. The van der Waals surface area contributed by atoms with Crippen molar-refractivity contribution in [1.29, 1.82) is 0 Å². The fourth-order valence-electron chi connectivity index (χ4n) is 2.66. The van der Waals surface area contributed by atoms with Gasteiger partial charge in [-0.25, -0.2) is 18.1 Å². The van der Waals surface area contributed by atoms with Gasteiger partial charge in [0.05, 0.1) is 5.52 Å². The van der Waals surface area contributed by atoms with E-state index in [2.05, 4.69) is 9.71 Å². The van der Waals surface area contributed by atoms with Crippen molar-refractivity contribution in [3.05, 3.63) is 81.3 Å². The van der Waals surface area contributed by atoms with E-state index in [0.29, 0.717) is 5.56 Å². The predicted molar refractivity (Wildman–Crippen MR) is 118 cm³/mol. The molecule has 0 spiro atoms. The molecular formula is C22H21ClN2O4S. The molecule has 8 heteroatoms. The van der Waals surface area contributed by atoms with Crippen LogP contribution in [0, 0.1) is 13.8 Å². The summed E-state index contributed by atoms with van der Waals surface area (Å²) in [6, 6.07) is 14.9. The number of ether oxygens (including phenoxy) is 1. The summed E-state index contributed by atoms with van der Waals surface area (Å²) in [5.41, 5.74) is 4.18. The highest BCUT2D eigenvalue weighted by molar-refractivity contribution is 7.92. The van der Waals surface area contributed by atoms with Crippen LogP contribution in [-0.2, 0) is 26.2 Å². The summed E-state index contributed by atoms with van der Waals surface area (Å²) in [7, 11) is -3.78. The molecule has 1 N–H and O–H groups in total. The molecule has 1 heterocycles. The van der Waals surface area contributed by atoms with Gasteiger partial charge >= 0.3 is 5.97 Å². The maximum Gasteiger partial charge on any atom is 0.321 e. The van der Waals surface area contributed by atoms with E-state index < -0.39 is 22.5 Å². The minimum absolute atomic E-state index is 0.102. The van der Waals surface area contributed by atoms with Gasteiger partial charge in [0, 0.05) is 16.4 Å². The number of pyridine rings is 1. The van der Waals surface area contributed by atoms with Crippen LogP contribution in [0.15, 0.2) is 53.9 Å². The summed E-state index contributed by atoms with van der Waals surface area (Å²) in [5.74, 6) is -0.720. The minimum atomic E-state index is -3.78. The van der Waals surface area contributed by atoms with Gasteiger partial charge in [-0.3, -0.25) is 4.79 Å². The highest BCUT2D eigenvalue weighted by Gasteiger charge is 2.12. The van der Waals surface area contributed by atoms with Gasteiger partial charge in [-0.1, -0.05) is 53.6 Å². The Kier molecular flexibility index (Phi) is 6.87. The summed E-state index contributed by atoms with van der Waals surface area (Å²) in [5, 5.41) is 2.12. The lowest BCUT2D eigenvalue weighted by atomic mass is 10.1. The van der Waals surface area contributed by atoms with Gasteiger partial charge in [0.25, 0.3) is 0 Å². The van der Waals surface area contributed by atoms with Gasteiger partial charge in [0.15, 0.2) is 0 Å². The number of rotatable bonds is 7. The molecule has 0 aliphatic carbocycles. The zero-order valence-corrected chi connectivity index (χ0v) is 18.1. The monoisotopic (exact) mass is 444 g/mol. The number of hydrogen-bond acceptors (Lipinski definition) is 5. The number of benzene rings is 2. The summed E-state index contributed by atoms with van der Waals surface area (Å²) in [4.78, 5) is 16.3. The van der Waals surface area contributed by atoms with E-state index in [1.807, 2.05) is 44.2 Å². The Morgan fingerprint density at radius 1 is 1.10 bits per heavy atom. The molecule has 0 fully saturated rings. The number of carbonyl (C=O) groups is 1. The number of carbonyl (C=O) groups excluding carboxylic acids is 1. The van der Waals surface area contributed by atoms with Crippen molar-refractivity contribution >= 4 is 44.6 Å². The van der Waals surface area contributed by atoms with Crippen molar-refractivity contribution in [1.82, 2.24) is 9.71 Å². The molecule has 3 rings (SSSR count). The van der Waals surface area contributed by atoms with E-state index in [1.165, 1.54) is 6.08 Å². The Labute approximate surface area is 180 Å². The molecule has 6 nitrogen and oxygen atoms in total. The Morgan fingerprint density at radius 2 is 1.80 bits per heavy atom. The van der Waals surface area contributed by atoms with Gasteiger partial charge in [-0.2, -0.15) is 0 Å². The van der Waals surface area contributed by atoms with Crippen LogP contribution in [0.2, 0.25) is 5.15 Å². The molecule has 0 unspecified atom stereocenters. The number of fused-ring (bicyclic) bond motifs is 1. The van der Waals surface area contributed by atoms with E-state index in [9.17, 15) is 13.2 Å². The number of esters is 1. The lowest BCUT2D eigenvalue weighted by Gasteiger charge is -2.08. The fourth-order valence-corrected chi connectivity index (χ4v) is 3.61. The number of aryl methyl sites for hydroxylation is 2. The highest BCUT2D eigenvalue weighted by atomic mass is 35.5. The normalized spacial score (nSPS) is 11.8. The molecular weight excluding hydrogens is 424 g/mol. The lowest BCUT2D eigenvalue weighted by Crippen LogP contribution is -2.29. The van der Waals surface area contributed by atoms with E-state index >= 15 is 0 Å². The van der Waals surface area contributed by atoms with Crippen molar-refractivity contribution in [3.63, 3.8) is 0 Å². The summed E-state index contributed by atoms with van der Waals surface area (Å²) in [6.07, 6.45) is 1.45. The maximum atomic E-state index is 12.0. The Hall–Kier alpha value is -2.74. The van der Waals surface area contributed by atoms with Gasteiger partial charge in [0.2, 0.25) is 10.0 Å². The van der Waals surface area contributed by atoms with Crippen LogP contribution in [0.25, 0.3) is 17.0 Å². The first-order valence-electron chi connectivity index (χ1n) is 9.18. The summed E-state index contributed by atoms with van der Waals surface area (Å²) in [6.45, 7) is 3.31. The number of hydrogen-bond donors (Lipinski definition) is 1. The third-order valence-electron chi connectivity index (χ3n) is 4.32. The first-order chi connectivity index (χ1) is 14.2. The molecule has 0 saturated carbocycles. The van der Waals surface area contributed by atoms with Crippen LogP contribution < -0.4 is 4.72 Å². The molecule has 30 heavy (non-hydrogen) atoms. The van der Waals surface area contributed by atoms with E-state index in [-0.39, 0.29) is 11.8 Å². The van der Waals surface area contributed by atoms with Gasteiger partial charge in [-0.05, 0) is 43.2 Å². The van der Waals surface area contributed by atoms with Crippen molar-refractivity contribution in [2.24, 2.45) is 0 Å². The fraction of sp³-hybridized carbons (Fsp3) is 0.182. The van der Waals surface area contributed by atoms with Crippen LogP contribution in [0.5, 0.6) is 0 Å². The second kappa shape index (κ2) is 9.38. The standard InChI is InChI=1S/C22H21ClN2O4S/c1-15-3-6-17(7-4-15)9-10-30(27,28)24-13-21(26)29-14-19-12-18-8-5-16(2)11-20(18)25-22(19)23/h3-12,24H,13-14H2,1-2H3/b10-9+. The topological polar surface area (TPSA) is 85.4 Å². The van der Waals surface area contributed by atoms with Crippen LogP contribution in [0.3, 0.4) is 0 Å². The number of aromatic nitrogens is 1. The zero-order chi connectivity index (χ0) is 21.7. The van der Waals surface area contributed by atoms with Gasteiger partial charge in [-0.15, -0.1) is 0 Å². The maximum absolute atomic E-state index is 12.0. The molecule has 1 aromatic heterocycles. The molecule has 0 saturated heterocycles. The van der Waals surface area contributed by atoms with Crippen LogP contribution in [0.4, 0.5) is 0 Å². The Morgan fingerprint density at radius 3 is 2.53 bits per heavy atom. The lowest BCUT2D eigenvalue weighted by molar-refractivity contribution is -0.143. The number of nitrogens with one attached hydrogen (secondary N) is 1.